The summed E-state index contributed by atoms with van der Waals surface area (Å²) in [5, 5.41) is 12.7. The maximum Gasteiger partial charge on any atom is 0.416 e. The van der Waals surface area contributed by atoms with Gasteiger partial charge in [-0.15, -0.1) is 6.42 Å². The number of terminal acetylenes is 1. The van der Waals surface area contributed by atoms with Crippen molar-refractivity contribution in [2.75, 3.05) is 11.9 Å². The van der Waals surface area contributed by atoms with Crippen molar-refractivity contribution in [3.05, 3.63) is 65.2 Å². The van der Waals surface area contributed by atoms with E-state index in [1.54, 1.807) is 12.1 Å². The topological polar surface area (TPSA) is 32.3 Å². The van der Waals surface area contributed by atoms with Gasteiger partial charge in [0.1, 0.15) is 5.54 Å². The average molecular weight is 319 g/mol. The largest absolute Gasteiger partial charge is 0.416 e. The summed E-state index contributed by atoms with van der Waals surface area (Å²) in [6.07, 6.45) is 1.19. The second kappa shape index (κ2) is 6.35. The second-order valence-corrected chi connectivity index (χ2v) is 5.27. The van der Waals surface area contributed by atoms with Crippen LogP contribution in [0.3, 0.4) is 0 Å². The Labute approximate surface area is 133 Å². The fourth-order valence-corrected chi connectivity index (χ4v) is 2.20. The Balaban J connectivity index is 2.33. The van der Waals surface area contributed by atoms with E-state index in [-0.39, 0.29) is 0 Å². The molecule has 0 aromatic heterocycles. The molecule has 0 aliphatic carbocycles. The Bertz CT molecular complexity index is 699. The maximum atomic E-state index is 12.6. The number of aliphatic hydroxyl groups is 1. The van der Waals surface area contributed by atoms with Gasteiger partial charge in [-0.3, -0.25) is 0 Å². The lowest BCUT2D eigenvalue weighted by Gasteiger charge is -2.29. The summed E-state index contributed by atoms with van der Waals surface area (Å²) in [6.45, 7) is 1.52. The van der Waals surface area contributed by atoms with Crippen molar-refractivity contribution < 1.29 is 18.3 Å². The molecule has 0 aliphatic heterocycles. The van der Waals surface area contributed by atoms with Crippen molar-refractivity contribution >= 4 is 5.69 Å². The molecule has 2 aromatic rings. The number of aliphatic hydroxyl groups excluding tert-OH is 1. The molecule has 0 saturated heterocycles. The number of anilines is 1. The van der Waals surface area contributed by atoms with Gasteiger partial charge in [0, 0.05) is 5.69 Å². The predicted molar refractivity (Wildman–Crippen MR) is 83.8 cm³/mol. The van der Waals surface area contributed by atoms with E-state index in [1.165, 1.54) is 12.1 Å². The molecule has 2 N–H and O–H groups in total. The van der Waals surface area contributed by atoms with Gasteiger partial charge in [0.2, 0.25) is 0 Å². The fourth-order valence-electron chi connectivity index (χ4n) is 2.20. The predicted octanol–water partition coefficient (Wildman–Crippen LogP) is 3.95. The van der Waals surface area contributed by atoms with E-state index in [0.29, 0.717) is 11.3 Å². The van der Waals surface area contributed by atoms with E-state index in [0.717, 1.165) is 17.7 Å². The highest BCUT2D eigenvalue weighted by atomic mass is 19.4. The number of hydrogen-bond donors (Lipinski definition) is 2. The number of alkyl halides is 3. The van der Waals surface area contributed by atoms with Crippen LogP contribution in [0.15, 0.2) is 48.5 Å². The maximum absolute atomic E-state index is 12.6. The van der Waals surface area contributed by atoms with Crippen molar-refractivity contribution in [1.82, 2.24) is 0 Å². The quantitative estimate of drug-likeness (QED) is 0.837. The van der Waals surface area contributed by atoms with Gasteiger partial charge in [-0.2, -0.15) is 13.2 Å². The SMILES string of the molecule is C#C[C@@](CO)(Nc1ccc(C(F)(F)F)cc1)c1ccc(C)cc1. The molecule has 0 bridgehead atoms. The summed E-state index contributed by atoms with van der Waals surface area (Å²) in [4.78, 5) is 0. The Hall–Kier alpha value is -2.45. The molecule has 2 nitrogen and oxygen atoms in total. The highest BCUT2D eigenvalue weighted by molar-refractivity contribution is 5.53. The molecule has 0 spiro atoms. The molecule has 1 atom stereocenters. The molecule has 0 fully saturated rings. The molecule has 0 saturated carbocycles. The van der Waals surface area contributed by atoms with Gasteiger partial charge in [-0.1, -0.05) is 35.7 Å². The van der Waals surface area contributed by atoms with E-state index in [4.69, 9.17) is 6.42 Å². The third-order valence-corrected chi connectivity index (χ3v) is 3.60. The third kappa shape index (κ3) is 3.66. The van der Waals surface area contributed by atoms with Crippen LogP contribution < -0.4 is 5.32 Å². The Morgan fingerprint density at radius 3 is 1.96 bits per heavy atom. The second-order valence-electron chi connectivity index (χ2n) is 5.27. The van der Waals surface area contributed by atoms with Crippen LogP contribution in [0.2, 0.25) is 0 Å². The smallest absolute Gasteiger partial charge is 0.393 e. The molecular weight excluding hydrogens is 303 g/mol. The van der Waals surface area contributed by atoms with Crippen LogP contribution in [-0.4, -0.2) is 11.7 Å². The molecule has 2 aromatic carbocycles. The first kappa shape index (κ1) is 16.9. The standard InChI is InChI=1S/C18H16F3NO/c1-3-17(12-23,14-6-4-13(2)5-7-14)22-16-10-8-15(9-11-16)18(19,20)21/h1,4-11,22-23H,12H2,2H3/t17-/m0/s1. The number of benzene rings is 2. The highest BCUT2D eigenvalue weighted by Gasteiger charge is 2.31. The lowest BCUT2D eigenvalue weighted by atomic mass is 9.90. The Morgan fingerprint density at radius 1 is 1.00 bits per heavy atom. The normalized spacial score (nSPS) is 13.9. The summed E-state index contributed by atoms with van der Waals surface area (Å²) >= 11 is 0. The number of nitrogens with one attached hydrogen (secondary N) is 1. The summed E-state index contributed by atoms with van der Waals surface area (Å²) < 4.78 is 37.8. The van der Waals surface area contributed by atoms with Crippen molar-refractivity contribution in [1.29, 1.82) is 0 Å². The molecule has 2 rings (SSSR count). The summed E-state index contributed by atoms with van der Waals surface area (Å²) in [6, 6.07) is 11.8. The average Bonchev–Trinajstić information content (AvgIpc) is 2.53. The molecule has 5 heteroatoms. The monoisotopic (exact) mass is 319 g/mol. The van der Waals surface area contributed by atoms with E-state index in [1.807, 2.05) is 19.1 Å². The zero-order valence-corrected chi connectivity index (χ0v) is 12.5. The van der Waals surface area contributed by atoms with Crippen molar-refractivity contribution in [2.45, 2.75) is 18.6 Å². The number of rotatable bonds is 4. The van der Waals surface area contributed by atoms with Gasteiger partial charge in [0.25, 0.3) is 0 Å². The van der Waals surface area contributed by atoms with Gasteiger partial charge in [0.15, 0.2) is 0 Å². The van der Waals surface area contributed by atoms with E-state index >= 15 is 0 Å². The first-order valence-electron chi connectivity index (χ1n) is 6.92. The van der Waals surface area contributed by atoms with Crippen molar-refractivity contribution in [2.24, 2.45) is 0 Å². The summed E-state index contributed by atoms with van der Waals surface area (Å²) in [7, 11) is 0. The van der Waals surface area contributed by atoms with Gasteiger partial charge >= 0.3 is 6.18 Å². The number of aryl methyl sites for hydroxylation is 1. The first-order valence-corrected chi connectivity index (χ1v) is 6.92. The number of hydrogen-bond acceptors (Lipinski definition) is 2. The lowest BCUT2D eigenvalue weighted by molar-refractivity contribution is -0.137. The van der Waals surface area contributed by atoms with E-state index < -0.39 is 23.9 Å². The molecule has 23 heavy (non-hydrogen) atoms. The molecular formula is C18H16F3NO. The van der Waals surface area contributed by atoms with Crippen LogP contribution >= 0.6 is 0 Å². The third-order valence-electron chi connectivity index (χ3n) is 3.60. The molecule has 0 radical (unpaired) electrons. The van der Waals surface area contributed by atoms with E-state index in [2.05, 4.69) is 11.2 Å². The van der Waals surface area contributed by atoms with E-state index in [9.17, 15) is 18.3 Å². The van der Waals surface area contributed by atoms with Crippen LogP contribution in [0.1, 0.15) is 16.7 Å². The Kier molecular flexibility index (Phi) is 4.67. The van der Waals surface area contributed by atoms with Crippen LogP contribution in [0, 0.1) is 19.3 Å². The van der Waals surface area contributed by atoms with Crippen molar-refractivity contribution in [3.63, 3.8) is 0 Å². The zero-order chi connectivity index (χ0) is 17.1. The minimum atomic E-state index is -4.39. The molecule has 0 aliphatic rings. The minimum absolute atomic E-state index is 0.394. The summed E-state index contributed by atoms with van der Waals surface area (Å²) in [5.41, 5.74) is 0.146. The molecule has 0 heterocycles. The van der Waals surface area contributed by atoms with Crippen LogP contribution in [0.25, 0.3) is 0 Å². The van der Waals surface area contributed by atoms with Gasteiger partial charge < -0.3 is 10.4 Å². The zero-order valence-electron chi connectivity index (χ0n) is 12.5. The minimum Gasteiger partial charge on any atom is -0.393 e. The van der Waals surface area contributed by atoms with Crippen LogP contribution in [0.4, 0.5) is 18.9 Å². The van der Waals surface area contributed by atoms with Gasteiger partial charge in [0.05, 0.1) is 12.2 Å². The van der Waals surface area contributed by atoms with Crippen molar-refractivity contribution in [3.8, 4) is 12.3 Å². The summed E-state index contributed by atoms with van der Waals surface area (Å²) in [5.74, 6) is 2.51. The molecule has 0 amide bonds. The Morgan fingerprint density at radius 2 is 1.52 bits per heavy atom. The van der Waals surface area contributed by atoms with Gasteiger partial charge in [-0.05, 0) is 36.8 Å². The van der Waals surface area contributed by atoms with Gasteiger partial charge in [-0.25, -0.2) is 0 Å². The first-order chi connectivity index (χ1) is 10.8. The lowest BCUT2D eigenvalue weighted by Crippen LogP contribution is -2.37. The van der Waals surface area contributed by atoms with Crippen LogP contribution in [-0.2, 0) is 11.7 Å². The number of halogens is 3. The van der Waals surface area contributed by atoms with Crippen LogP contribution in [0.5, 0.6) is 0 Å². The highest BCUT2D eigenvalue weighted by Crippen LogP contribution is 2.31. The fraction of sp³-hybridized carbons (Fsp3) is 0.222. The molecule has 0 unspecified atom stereocenters. The molecule has 120 valence electrons.